The number of pyridine rings is 1. The van der Waals surface area contributed by atoms with Gasteiger partial charge in [-0.2, -0.15) is 18.2 Å². The van der Waals surface area contributed by atoms with Crippen molar-refractivity contribution in [2.24, 2.45) is 0 Å². The number of nitrogens with two attached hydrogens (primary N) is 1. The van der Waals surface area contributed by atoms with Crippen LogP contribution in [0.3, 0.4) is 0 Å². The molecule has 11 heteroatoms. The van der Waals surface area contributed by atoms with Crippen molar-refractivity contribution in [3.05, 3.63) is 51.8 Å². The number of hydrogen-bond donors (Lipinski definition) is 1. The SMILES string of the molecule is C[C@H]1c2c(Cl)cc(C(F)(F)F)cc2CCN1C(=O)[C@H]1C[C@@H](c2cncc3nc(N)oc23)CCO1. The number of anilines is 1. The molecule has 2 aliphatic rings. The number of nitrogen functional groups attached to an aromatic ring is 1. The molecule has 5 rings (SSSR count). The summed E-state index contributed by atoms with van der Waals surface area (Å²) in [7, 11) is 0. The summed E-state index contributed by atoms with van der Waals surface area (Å²) in [5.41, 5.74) is 7.91. The molecule has 2 aliphatic heterocycles. The summed E-state index contributed by atoms with van der Waals surface area (Å²) in [6, 6.07) is 1.63. The van der Waals surface area contributed by atoms with E-state index in [2.05, 4.69) is 9.97 Å². The topological polar surface area (TPSA) is 94.5 Å². The first kappa shape index (κ1) is 22.9. The second-order valence-corrected chi connectivity index (χ2v) is 9.10. The Balaban J connectivity index is 1.38. The van der Waals surface area contributed by atoms with Gasteiger partial charge in [0, 0.05) is 29.9 Å². The van der Waals surface area contributed by atoms with Crippen molar-refractivity contribution in [2.75, 3.05) is 18.9 Å². The van der Waals surface area contributed by atoms with E-state index in [4.69, 9.17) is 26.5 Å². The Hall–Kier alpha value is -2.85. The maximum absolute atomic E-state index is 13.5. The van der Waals surface area contributed by atoms with Crippen LogP contribution in [0.5, 0.6) is 0 Å². The third-order valence-electron chi connectivity index (χ3n) is 6.67. The quantitative estimate of drug-likeness (QED) is 0.545. The number of carbonyl (C=O) groups is 1. The molecular weight excluding hydrogens is 473 g/mol. The van der Waals surface area contributed by atoms with Crippen LogP contribution in [0, 0.1) is 0 Å². The summed E-state index contributed by atoms with van der Waals surface area (Å²) in [4.78, 5) is 23.4. The van der Waals surface area contributed by atoms with E-state index in [0.717, 1.165) is 17.7 Å². The van der Waals surface area contributed by atoms with Crippen LogP contribution in [0.15, 0.2) is 28.9 Å². The molecule has 7 nitrogen and oxygen atoms in total. The normalized spacial score (nSPS) is 23.2. The Kier molecular flexibility index (Phi) is 5.68. The molecule has 1 amide bonds. The smallest absolute Gasteiger partial charge is 0.416 e. The number of benzene rings is 1. The van der Waals surface area contributed by atoms with Crippen LogP contribution in [0.25, 0.3) is 11.1 Å². The molecule has 0 unspecified atom stereocenters. The molecule has 1 aromatic carbocycles. The van der Waals surface area contributed by atoms with Crippen LogP contribution >= 0.6 is 11.6 Å². The average Bonchev–Trinajstić information content (AvgIpc) is 3.18. The van der Waals surface area contributed by atoms with Gasteiger partial charge in [0.2, 0.25) is 0 Å². The molecule has 0 aliphatic carbocycles. The summed E-state index contributed by atoms with van der Waals surface area (Å²) >= 11 is 6.26. The van der Waals surface area contributed by atoms with Crippen LogP contribution < -0.4 is 5.73 Å². The predicted octanol–water partition coefficient (Wildman–Crippen LogP) is 4.89. The van der Waals surface area contributed by atoms with E-state index in [-0.39, 0.29) is 35.8 Å². The summed E-state index contributed by atoms with van der Waals surface area (Å²) in [5, 5.41) is 0.0120. The minimum absolute atomic E-state index is 0.0120. The molecule has 2 N–H and O–H groups in total. The minimum Gasteiger partial charge on any atom is -0.423 e. The van der Waals surface area contributed by atoms with E-state index >= 15 is 0 Å². The van der Waals surface area contributed by atoms with E-state index in [9.17, 15) is 18.0 Å². The molecule has 0 saturated carbocycles. The fourth-order valence-electron chi connectivity index (χ4n) is 5.02. The Bertz CT molecular complexity index is 1260. The highest BCUT2D eigenvalue weighted by molar-refractivity contribution is 6.31. The largest absolute Gasteiger partial charge is 0.423 e. The number of halogens is 4. The zero-order valence-corrected chi connectivity index (χ0v) is 19.0. The number of amides is 1. The summed E-state index contributed by atoms with van der Waals surface area (Å²) in [6.07, 6.45) is -0.542. The maximum Gasteiger partial charge on any atom is 0.416 e. The highest BCUT2D eigenvalue weighted by atomic mass is 35.5. The number of ether oxygens (including phenoxy) is 1. The number of aromatic nitrogens is 2. The van der Waals surface area contributed by atoms with Gasteiger partial charge in [-0.05, 0) is 55.4 Å². The van der Waals surface area contributed by atoms with Crippen molar-refractivity contribution < 1.29 is 27.1 Å². The van der Waals surface area contributed by atoms with Crippen molar-refractivity contribution in [1.29, 1.82) is 0 Å². The maximum atomic E-state index is 13.5. The molecule has 1 saturated heterocycles. The average molecular weight is 495 g/mol. The lowest BCUT2D eigenvalue weighted by Gasteiger charge is -2.39. The number of hydrogen-bond acceptors (Lipinski definition) is 6. The molecule has 34 heavy (non-hydrogen) atoms. The fraction of sp³-hybridized carbons (Fsp3) is 0.435. The lowest BCUT2D eigenvalue weighted by molar-refractivity contribution is -0.150. The van der Waals surface area contributed by atoms with Gasteiger partial charge in [0.25, 0.3) is 11.9 Å². The van der Waals surface area contributed by atoms with Crippen molar-refractivity contribution in [1.82, 2.24) is 14.9 Å². The fourth-order valence-corrected chi connectivity index (χ4v) is 5.42. The highest BCUT2D eigenvalue weighted by Gasteiger charge is 2.39. The predicted molar refractivity (Wildman–Crippen MR) is 118 cm³/mol. The second kappa shape index (κ2) is 8.42. The van der Waals surface area contributed by atoms with Gasteiger partial charge in [0.1, 0.15) is 11.6 Å². The number of nitrogens with zero attached hydrogens (tertiary/aromatic N) is 3. The Morgan fingerprint density at radius 2 is 2.09 bits per heavy atom. The lowest BCUT2D eigenvalue weighted by atomic mass is 9.87. The van der Waals surface area contributed by atoms with Gasteiger partial charge in [0.15, 0.2) is 5.58 Å². The van der Waals surface area contributed by atoms with Gasteiger partial charge in [-0.25, -0.2) is 0 Å². The van der Waals surface area contributed by atoms with Crippen molar-refractivity contribution in [2.45, 2.75) is 50.4 Å². The van der Waals surface area contributed by atoms with Crippen LogP contribution in [0.2, 0.25) is 5.02 Å². The third kappa shape index (κ3) is 3.98. The van der Waals surface area contributed by atoms with Crippen LogP contribution in [0.1, 0.15) is 54.0 Å². The van der Waals surface area contributed by atoms with Gasteiger partial charge in [-0.3, -0.25) is 9.78 Å². The van der Waals surface area contributed by atoms with E-state index in [1.165, 1.54) is 0 Å². The van der Waals surface area contributed by atoms with Gasteiger partial charge < -0.3 is 19.8 Å². The molecule has 0 radical (unpaired) electrons. The van der Waals surface area contributed by atoms with Crippen molar-refractivity contribution >= 4 is 34.6 Å². The van der Waals surface area contributed by atoms with E-state index < -0.39 is 23.9 Å². The Morgan fingerprint density at radius 3 is 2.85 bits per heavy atom. The standard InChI is InChI=1S/C23H22ClF3N4O3/c1-11-19-13(6-14(8-16(19)24)23(25,26)27)2-4-31(11)21(32)18-7-12(3-5-33-18)15-9-29-10-17-20(15)34-22(28)30-17/h6,8-12,18H,2-5,7H2,1H3,(H2,28,30)/t11-,12-,18+/m0/s1. The van der Waals surface area contributed by atoms with Crippen molar-refractivity contribution in [3.8, 4) is 0 Å². The Labute approximate surface area is 198 Å². The number of alkyl halides is 3. The zero-order valence-electron chi connectivity index (χ0n) is 18.2. The summed E-state index contributed by atoms with van der Waals surface area (Å²) < 4.78 is 51.0. The summed E-state index contributed by atoms with van der Waals surface area (Å²) in [5.74, 6) is -0.257. The van der Waals surface area contributed by atoms with Gasteiger partial charge in [0.05, 0.1) is 17.8 Å². The zero-order chi connectivity index (χ0) is 24.2. The molecule has 3 atom stereocenters. The number of carbonyl (C=O) groups excluding carboxylic acids is 1. The number of rotatable bonds is 2. The first-order valence-electron chi connectivity index (χ1n) is 10.9. The van der Waals surface area contributed by atoms with Crippen LogP contribution in [-0.4, -0.2) is 40.0 Å². The van der Waals surface area contributed by atoms with E-state index in [0.29, 0.717) is 41.7 Å². The minimum atomic E-state index is -4.48. The molecular formula is C23H22ClF3N4O3. The molecule has 2 aromatic heterocycles. The van der Waals surface area contributed by atoms with Gasteiger partial charge in [-0.15, -0.1) is 0 Å². The van der Waals surface area contributed by atoms with Gasteiger partial charge >= 0.3 is 6.18 Å². The molecule has 4 heterocycles. The third-order valence-corrected chi connectivity index (χ3v) is 6.99. The number of oxazole rings is 1. The van der Waals surface area contributed by atoms with E-state index in [1.807, 2.05) is 0 Å². The molecule has 3 aromatic rings. The molecule has 0 bridgehead atoms. The van der Waals surface area contributed by atoms with Gasteiger partial charge in [-0.1, -0.05) is 11.6 Å². The molecule has 180 valence electrons. The second-order valence-electron chi connectivity index (χ2n) is 8.70. The molecule has 0 spiro atoms. The Morgan fingerprint density at radius 1 is 1.29 bits per heavy atom. The monoisotopic (exact) mass is 494 g/mol. The van der Waals surface area contributed by atoms with Crippen molar-refractivity contribution in [3.63, 3.8) is 0 Å². The van der Waals surface area contributed by atoms with E-state index in [1.54, 1.807) is 24.2 Å². The first-order valence-corrected chi connectivity index (χ1v) is 11.3. The molecule has 1 fully saturated rings. The first-order chi connectivity index (χ1) is 16.1. The highest BCUT2D eigenvalue weighted by Crippen LogP contribution is 2.41. The lowest BCUT2D eigenvalue weighted by Crippen LogP contribution is -2.47. The van der Waals surface area contributed by atoms with Crippen LogP contribution in [0.4, 0.5) is 19.2 Å². The number of fused-ring (bicyclic) bond motifs is 2. The van der Waals surface area contributed by atoms with Crippen LogP contribution in [-0.2, 0) is 22.1 Å². The summed E-state index contributed by atoms with van der Waals surface area (Å²) in [6.45, 7) is 2.43.